The molecule has 5 aliphatic rings. The van der Waals surface area contributed by atoms with Gasteiger partial charge >= 0.3 is 0 Å². The van der Waals surface area contributed by atoms with Crippen LogP contribution in [0.25, 0.3) is 0 Å². The number of carbonyl (C=O) groups excluding carboxylic acids is 2. The van der Waals surface area contributed by atoms with E-state index in [0.29, 0.717) is 13.0 Å². The average molecular weight is 577 g/mol. The van der Waals surface area contributed by atoms with Gasteiger partial charge in [-0.25, -0.2) is 4.39 Å². The zero-order chi connectivity index (χ0) is 29.0. The van der Waals surface area contributed by atoms with Crippen molar-refractivity contribution in [3.63, 3.8) is 0 Å². The maximum absolute atomic E-state index is 14.6. The third-order valence-corrected chi connectivity index (χ3v) is 10.7. The second kappa shape index (κ2) is 13.8. The number of allylic oxidation sites excluding steroid dienone is 1. The number of rotatable bonds is 6. The standard InChI is InChI=1S/C30H53FN8O2/c1-37-13-5-6-25(37)29(41)39-16-14-38(15-17-39)24-8-12-34-20-23(24)36-28(40)26(27(32)33)22-18-30(9-3-2-4-10-30)11-7-21(31)19-35-22/h7,22-27,34-35H,2-6,8-20,32-33H2,1H3,(H,36,40)/b21-7+/t22?,23?,24?,25-,26?/m1/s1. The van der Waals surface area contributed by atoms with Crippen LogP contribution in [-0.2, 0) is 9.59 Å². The molecule has 4 aliphatic heterocycles. The van der Waals surface area contributed by atoms with Crippen LogP contribution in [0.3, 0.4) is 0 Å². The van der Waals surface area contributed by atoms with Crippen LogP contribution < -0.4 is 27.4 Å². The molecule has 3 saturated heterocycles. The summed E-state index contributed by atoms with van der Waals surface area (Å²) in [5, 5.41) is 10.1. The first kappa shape index (κ1) is 30.8. The Bertz CT molecular complexity index is 933. The molecule has 11 heteroatoms. The fourth-order valence-corrected chi connectivity index (χ4v) is 8.25. The smallest absolute Gasteiger partial charge is 0.240 e. The van der Waals surface area contributed by atoms with Gasteiger partial charge in [-0.1, -0.05) is 25.3 Å². The van der Waals surface area contributed by atoms with E-state index in [-0.39, 0.29) is 53.8 Å². The summed E-state index contributed by atoms with van der Waals surface area (Å²) in [5.74, 6) is -0.711. The molecule has 1 spiro atoms. The van der Waals surface area contributed by atoms with Gasteiger partial charge in [0.05, 0.1) is 24.2 Å². The summed E-state index contributed by atoms with van der Waals surface area (Å²) >= 11 is 0. The normalized spacial score (nSPS) is 34.1. The first-order chi connectivity index (χ1) is 19.8. The molecule has 2 amide bonds. The van der Waals surface area contributed by atoms with E-state index in [2.05, 4.69) is 25.8 Å². The molecule has 0 bridgehead atoms. The minimum atomic E-state index is -0.849. The Kier molecular flexibility index (Phi) is 10.4. The number of nitrogens with zero attached hydrogens (tertiary/aromatic N) is 3. The zero-order valence-corrected chi connectivity index (χ0v) is 25.0. The van der Waals surface area contributed by atoms with E-state index < -0.39 is 12.1 Å². The Labute approximate surface area is 245 Å². The third kappa shape index (κ3) is 7.30. The van der Waals surface area contributed by atoms with E-state index in [1.807, 2.05) is 11.9 Å². The molecule has 0 aromatic heterocycles. The van der Waals surface area contributed by atoms with Crippen LogP contribution in [0.4, 0.5) is 4.39 Å². The summed E-state index contributed by atoms with van der Waals surface area (Å²) in [6.07, 6.45) is 10.9. The lowest BCUT2D eigenvalue weighted by atomic mass is 9.66. The van der Waals surface area contributed by atoms with Crippen molar-refractivity contribution in [2.75, 3.05) is 59.4 Å². The minimum Gasteiger partial charge on any atom is -0.350 e. The summed E-state index contributed by atoms with van der Waals surface area (Å²) in [7, 11) is 2.04. The predicted octanol–water partition coefficient (Wildman–Crippen LogP) is 0.487. The molecule has 4 unspecified atom stereocenters. The first-order valence-corrected chi connectivity index (χ1v) is 16.1. The molecule has 10 nitrogen and oxygen atoms in total. The lowest BCUT2D eigenvalue weighted by molar-refractivity contribution is -0.137. The highest BCUT2D eigenvalue weighted by molar-refractivity contribution is 5.82. The van der Waals surface area contributed by atoms with E-state index in [1.54, 1.807) is 6.08 Å². The van der Waals surface area contributed by atoms with Crippen LogP contribution >= 0.6 is 0 Å². The molecule has 1 aliphatic carbocycles. The Morgan fingerprint density at radius 2 is 1.83 bits per heavy atom. The van der Waals surface area contributed by atoms with Crippen molar-refractivity contribution in [3.8, 4) is 0 Å². The number of amides is 2. The number of carbonyl (C=O) groups is 2. The topological polar surface area (TPSA) is 132 Å². The Morgan fingerprint density at radius 1 is 1.07 bits per heavy atom. The van der Waals surface area contributed by atoms with Gasteiger partial charge in [0, 0.05) is 51.4 Å². The van der Waals surface area contributed by atoms with E-state index in [4.69, 9.17) is 11.5 Å². The number of halogens is 1. The molecule has 5 rings (SSSR count). The highest BCUT2D eigenvalue weighted by Gasteiger charge is 2.43. The summed E-state index contributed by atoms with van der Waals surface area (Å²) in [6, 6.07) is -0.180. The number of piperidine rings is 1. The minimum absolute atomic E-state index is 0.0135. The van der Waals surface area contributed by atoms with Crippen LogP contribution in [0, 0.1) is 11.3 Å². The van der Waals surface area contributed by atoms with E-state index in [9.17, 15) is 14.0 Å². The van der Waals surface area contributed by atoms with Crippen molar-refractivity contribution in [2.24, 2.45) is 22.8 Å². The Hall–Kier alpha value is -1.63. The van der Waals surface area contributed by atoms with Gasteiger partial charge in [0.2, 0.25) is 11.8 Å². The highest BCUT2D eigenvalue weighted by Crippen LogP contribution is 2.45. The lowest BCUT2D eigenvalue weighted by Gasteiger charge is -2.46. The molecule has 4 fully saturated rings. The van der Waals surface area contributed by atoms with Crippen molar-refractivity contribution < 1.29 is 14.0 Å². The van der Waals surface area contributed by atoms with Crippen molar-refractivity contribution in [2.45, 2.75) is 94.5 Å². The van der Waals surface area contributed by atoms with Crippen molar-refractivity contribution in [3.05, 3.63) is 11.9 Å². The summed E-state index contributed by atoms with van der Waals surface area (Å²) in [6.45, 7) is 5.70. The molecule has 0 radical (unpaired) electrons. The fraction of sp³-hybridized carbons (Fsp3) is 0.867. The van der Waals surface area contributed by atoms with Gasteiger partial charge < -0.3 is 32.3 Å². The molecule has 232 valence electrons. The number of likely N-dealkylation sites (tertiary alicyclic amines) is 1. The molecule has 1 saturated carbocycles. The van der Waals surface area contributed by atoms with Crippen LogP contribution in [0.5, 0.6) is 0 Å². The van der Waals surface area contributed by atoms with Crippen molar-refractivity contribution in [1.82, 2.24) is 30.7 Å². The number of nitrogens with one attached hydrogen (secondary N) is 3. The molecule has 0 aromatic carbocycles. The number of hydrogen-bond acceptors (Lipinski definition) is 8. The van der Waals surface area contributed by atoms with Gasteiger partial charge in [-0.15, -0.1) is 0 Å². The molecule has 0 aromatic rings. The monoisotopic (exact) mass is 576 g/mol. The van der Waals surface area contributed by atoms with Gasteiger partial charge in [-0.3, -0.25) is 19.4 Å². The van der Waals surface area contributed by atoms with Gasteiger partial charge in [-0.2, -0.15) is 0 Å². The van der Waals surface area contributed by atoms with Crippen molar-refractivity contribution >= 4 is 11.8 Å². The van der Waals surface area contributed by atoms with Crippen LogP contribution in [0.15, 0.2) is 11.9 Å². The van der Waals surface area contributed by atoms with Crippen LogP contribution in [-0.4, -0.2) is 116 Å². The number of nitrogens with two attached hydrogens (primary N) is 2. The first-order valence-electron chi connectivity index (χ1n) is 16.1. The molecule has 4 heterocycles. The molecular formula is C30H53FN8O2. The molecule has 5 atom stereocenters. The van der Waals surface area contributed by atoms with E-state index in [1.165, 1.54) is 6.42 Å². The van der Waals surface area contributed by atoms with Gasteiger partial charge in [0.15, 0.2) is 0 Å². The maximum atomic E-state index is 14.6. The quantitative estimate of drug-likeness (QED) is 0.289. The summed E-state index contributed by atoms with van der Waals surface area (Å²) in [4.78, 5) is 33.7. The number of hydrogen-bond donors (Lipinski definition) is 5. The van der Waals surface area contributed by atoms with Crippen molar-refractivity contribution in [1.29, 1.82) is 0 Å². The van der Waals surface area contributed by atoms with E-state index >= 15 is 0 Å². The lowest BCUT2D eigenvalue weighted by Crippen LogP contribution is -2.66. The van der Waals surface area contributed by atoms with Crippen LogP contribution in [0.2, 0.25) is 0 Å². The largest absolute Gasteiger partial charge is 0.350 e. The number of likely N-dealkylation sites (N-methyl/N-ethyl adjacent to an activating group) is 1. The maximum Gasteiger partial charge on any atom is 0.240 e. The second-order valence-corrected chi connectivity index (χ2v) is 13.4. The highest BCUT2D eigenvalue weighted by atomic mass is 19.1. The molecule has 7 N–H and O–H groups in total. The van der Waals surface area contributed by atoms with E-state index in [0.717, 1.165) is 90.6 Å². The Balaban J connectivity index is 1.23. The molecular weight excluding hydrogens is 523 g/mol. The SMILES string of the molecule is CN1CCC[C@@H]1C(=O)N1CCN(C2CCNCC2NC(=O)C(C(N)N)C2CC3(C/C=C(/F)CN2)CCCCC3)CC1. The van der Waals surface area contributed by atoms with Crippen LogP contribution in [0.1, 0.15) is 64.2 Å². The average Bonchev–Trinajstić information content (AvgIpc) is 3.40. The number of piperazine rings is 1. The fourth-order valence-electron chi connectivity index (χ4n) is 8.25. The van der Waals surface area contributed by atoms with Gasteiger partial charge in [-0.05, 0) is 70.5 Å². The predicted molar refractivity (Wildman–Crippen MR) is 158 cm³/mol. The third-order valence-electron chi connectivity index (χ3n) is 10.7. The summed E-state index contributed by atoms with van der Waals surface area (Å²) < 4.78 is 14.6. The van der Waals surface area contributed by atoms with Gasteiger partial charge in [0.25, 0.3) is 0 Å². The molecule has 41 heavy (non-hydrogen) atoms. The van der Waals surface area contributed by atoms with Gasteiger partial charge in [0.1, 0.15) is 5.83 Å². The zero-order valence-electron chi connectivity index (χ0n) is 25.0. The second-order valence-electron chi connectivity index (χ2n) is 13.4. The summed E-state index contributed by atoms with van der Waals surface area (Å²) in [5.41, 5.74) is 12.6. The Morgan fingerprint density at radius 3 is 2.51 bits per heavy atom.